The molecule has 0 saturated carbocycles. The van der Waals surface area contributed by atoms with Crippen molar-refractivity contribution in [2.75, 3.05) is 19.7 Å². The summed E-state index contributed by atoms with van der Waals surface area (Å²) < 4.78 is 0. The van der Waals surface area contributed by atoms with Crippen molar-refractivity contribution in [1.29, 1.82) is 0 Å². The summed E-state index contributed by atoms with van der Waals surface area (Å²) in [6.07, 6.45) is 2.48. The Bertz CT molecular complexity index is 119. The van der Waals surface area contributed by atoms with Gasteiger partial charge in [-0.05, 0) is 43.7 Å². The van der Waals surface area contributed by atoms with E-state index in [-0.39, 0.29) is 0 Å². The number of aliphatic hydroxyl groups excluding tert-OH is 1. The first kappa shape index (κ1) is 10.0. The first-order valence-electron chi connectivity index (χ1n) is 5.07. The predicted molar refractivity (Wildman–Crippen MR) is 51.0 cm³/mol. The normalized spacial score (nSPS) is 23.0. The molecule has 0 aromatic rings. The molecule has 12 heavy (non-hydrogen) atoms. The molecule has 0 aliphatic carbocycles. The second-order valence-electron chi connectivity index (χ2n) is 4.18. The Kier molecular flexibility index (Phi) is 4.02. The van der Waals surface area contributed by atoms with Gasteiger partial charge in [0.05, 0.1) is 0 Å². The summed E-state index contributed by atoms with van der Waals surface area (Å²) >= 11 is 0. The summed E-state index contributed by atoms with van der Waals surface area (Å²) in [5.74, 6) is 1.89. The first-order valence-corrected chi connectivity index (χ1v) is 5.07. The van der Waals surface area contributed by atoms with E-state index in [9.17, 15) is 5.11 Å². The first-order chi connectivity index (χ1) is 5.75. The third-order valence-electron chi connectivity index (χ3n) is 3.06. The van der Waals surface area contributed by atoms with Gasteiger partial charge in [-0.15, -0.1) is 0 Å². The van der Waals surface area contributed by atoms with Gasteiger partial charge >= 0.3 is 0 Å². The van der Waals surface area contributed by atoms with E-state index < -0.39 is 0 Å². The molecule has 0 amide bonds. The van der Waals surface area contributed by atoms with Crippen LogP contribution in [0.15, 0.2) is 0 Å². The van der Waals surface area contributed by atoms with E-state index in [2.05, 4.69) is 19.2 Å². The van der Waals surface area contributed by atoms with Gasteiger partial charge in [-0.3, -0.25) is 0 Å². The lowest BCUT2D eigenvalue weighted by atomic mass is 9.79. The van der Waals surface area contributed by atoms with Gasteiger partial charge in [0, 0.05) is 6.61 Å². The van der Waals surface area contributed by atoms with Gasteiger partial charge in [-0.25, -0.2) is 0 Å². The highest BCUT2D eigenvalue weighted by atomic mass is 16.3. The minimum atomic E-state index is 0.363. The quantitative estimate of drug-likeness (QED) is 0.670. The summed E-state index contributed by atoms with van der Waals surface area (Å²) in [4.78, 5) is 0. The molecule has 1 rings (SSSR count). The van der Waals surface area contributed by atoms with Crippen LogP contribution >= 0.6 is 0 Å². The number of piperidine rings is 1. The predicted octanol–water partition coefficient (Wildman–Crippen LogP) is 1.25. The van der Waals surface area contributed by atoms with Crippen molar-refractivity contribution < 1.29 is 5.11 Å². The topological polar surface area (TPSA) is 32.3 Å². The molecule has 1 heterocycles. The molecule has 1 aliphatic rings. The smallest absolute Gasteiger partial charge is 0.0464 e. The molecule has 0 aromatic heterocycles. The van der Waals surface area contributed by atoms with Gasteiger partial charge in [-0.1, -0.05) is 13.8 Å². The van der Waals surface area contributed by atoms with Crippen LogP contribution in [-0.2, 0) is 0 Å². The van der Waals surface area contributed by atoms with Crippen LogP contribution in [0.3, 0.4) is 0 Å². The van der Waals surface area contributed by atoms with Crippen LogP contribution in [-0.4, -0.2) is 24.8 Å². The number of aliphatic hydroxyl groups is 1. The van der Waals surface area contributed by atoms with Gasteiger partial charge < -0.3 is 10.4 Å². The van der Waals surface area contributed by atoms with Crippen LogP contribution in [0.1, 0.15) is 26.7 Å². The van der Waals surface area contributed by atoms with E-state index in [1.165, 1.54) is 12.8 Å². The fourth-order valence-corrected chi connectivity index (χ4v) is 2.18. The molecule has 1 saturated heterocycles. The molecule has 1 unspecified atom stereocenters. The second kappa shape index (κ2) is 4.83. The summed E-state index contributed by atoms with van der Waals surface area (Å²) in [5.41, 5.74) is 0. The average Bonchev–Trinajstić information content (AvgIpc) is 2.07. The number of hydrogen-bond donors (Lipinski definition) is 2. The highest BCUT2D eigenvalue weighted by Gasteiger charge is 2.24. The zero-order valence-electron chi connectivity index (χ0n) is 8.21. The van der Waals surface area contributed by atoms with E-state index >= 15 is 0 Å². The lowest BCUT2D eigenvalue weighted by Gasteiger charge is -2.31. The molecular weight excluding hydrogens is 150 g/mol. The Hall–Kier alpha value is -0.0800. The maximum absolute atomic E-state index is 9.23. The molecule has 0 spiro atoms. The number of nitrogens with one attached hydrogen (secondary N) is 1. The Labute approximate surface area is 75.4 Å². The molecule has 1 aliphatic heterocycles. The summed E-state index contributed by atoms with van der Waals surface area (Å²) in [6, 6.07) is 0. The Morgan fingerprint density at radius 3 is 2.33 bits per heavy atom. The van der Waals surface area contributed by atoms with E-state index in [4.69, 9.17) is 0 Å². The summed E-state index contributed by atoms with van der Waals surface area (Å²) in [7, 11) is 0. The molecule has 0 aromatic carbocycles. The lowest BCUT2D eigenvalue weighted by Crippen LogP contribution is -2.34. The van der Waals surface area contributed by atoms with E-state index in [1.807, 2.05) is 0 Å². The van der Waals surface area contributed by atoms with Gasteiger partial charge in [0.15, 0.2) is 0 Å². The standard InChI is InChI=1S/C10H21NO/c1-8(2)10(7-12)9-3-5-11-6-4-9/h8-12H,3-7H2,1-2H3. The molecule has 2 N–H and O–H groups in total. The maximum Gasteiger partial charge on any atom is 0.0464 e. The van der Waals surface area contributed by atoms with Crippen LogP contribution in [0.2, 0.25) is 0 Å². The number of hydrogen-bond acceptors (Lipinski definition) is 2. The molecule has 0 radical (unpaired) electrons. The zero-order chi connectivity index (χ0) is 8.97. The SMILES string of the molecule is CC(C)C(CO)C1CCNCC1. The molecule has 72 valence electrons. The van der Waals surface area contributed by atoms with Crippen LogP contribution < -0.4 is 5.32 Å². The summed E-state index contributed by atoms with van der Waals surface area (Å²) in [6.45, 7) is 7.05. The highest BCUT2D eigenvalue weighted by molar-refractivity contribution is 4.77. The van der Waals surface area contributed by atoms with Crippen molar-refractivity contribution in [3.8, 4) is 0 Å². The third kappa shape index (κ3) is 2.46. The van der Waals surface area contributed by atoms with E-state index in [0.29, 0.717) is 18.4 Å². The van der Waals surface area contributed by atoms with Crippen molar-refractivity contribution in [3.05, 3.63) is 0 Å². The number of rotatable bonds is 3. The Morgan fingerprint density at radius 2 is 1.92 bits per heavy atom. The fraction of sp³-hybridized carbons (Fsp3) is 1.00. The Balaban J connectivity index is 2.40. The van der Waals surface area contributed by atoms with E-state index in [1.54, 1.807) is 0 Å². The van der Waals surface area contributed by atoms with Crippen LogP contribution in [0.25, 0.3) is 0 Å². The van der Waals surface area contributed by atoms with Gasteiger partial charge in [-0.2, -0.15) is 0 Å². The van der Waals surface area contributed by atoms with Crippen LogP contribution in [0, 0.1) is 17.8 Å². The Morgan fingerprint density at radius 1 is 1.33 bits per heavy atom. The van der Waals surface area contributed by atoms with E-state index in [0.717, 1.165) is 19.0 Å². The maximum atomic E-state index is 9.23. The van der Waals surface area contributed by atoms with Crippen LogP contribution in [0.5, 0.6) is 0 Å². The van der Waals surface area contributed by atoms with Crippen molar-refractivity contribution in [3.63, 3.8) is 0 Å². The van der Waals surface area contributed by atoms with Crippen molar-refractivity contribution in [2.24, 2.45) is 17.8 Å². The second-order valence-corrected chi connectivity index (χ2v) is 4.18. The summed E-state index contributed by atoms with van der Waals surface area (Å²) in [5, 5.41) is 12.6. The molecule has 2 heteroatoms. The highest BCUT2D eigenvalue weighted by Crippen LogP contribution is 2.27. The van der Waals surface area contributed by atoms with Crippen molar-refractivity contribution in [2.45, 2.75) is 26.7 Å². The third-order valence-corrected chi connectivity index (χ3v) is 3.06. The fourth-order valence-electron chi connectivity index (χ4n) is 2.18. The van der Waals surface area contributed by atoms with Crippen molar-refractivity contribution in [1.82, 2.24) is 5.32 Å². The minimum absolute atomic E-state index is 0.363. The van der Waals surface area contributed by atoms with Gasteiger partial charge in [0.25, 0.3) is 0 Å². The zero-order valence-corrected chi connectivity index (χ0v) is 8.21. The molecule has 2 nitrogen and oxygen atoms in total. The lowest BCUT2D eigenvalue weighted by molar-refractivity contribution is 0.115. The monoisotopic (exact) mass is 171 g/mol. The molecule has 1 fully saturated rings. The minimum Gasteiger partial charge on any atom is -0.396 e. The van der Waals surface area contributed by atoms with Crippen molar-refractivity contribution >= 4 is 0 Å². The largest absolute Gasteiger partial charge is 0.396 e. The molecule has 1 atom stereocenters. The molecular formula is C10H21NO. The van der Waals surface area contributed by atoms with Gasteiger partial charge in [0.2, 0.25) is 0 Å². The molecule has 0 bridgehead atoms. The van der Waals surface area contributed by atoms with Gasteiger partial charge in [0.1, 0.15) is 0 Å². The van der Waals surface area contributed by atoms with Crippen LogP contribution in [0.4, 0.5) is 0 Å². The average molecular weight is 171 g/mol.